The highest BCUT2D eigenvalue weighted by Crippen LogP contribution is 2.55. The van der Waals surface area contributed by atoms with Crippen LogP contribution in [0.15, 0.2) is 18.3 Å². The molecule has 92 valence electrons. The van der Waals surface area contributed by atoms with E-state index in [9.17, 15) is 5.11 Å². The average Bonchev–Trinajstić information content (AvgIpc) is 3.00. The minimum Gasteiger partial charge on any atom is -0.391 e. The number of nitrogens with zero attached hydrogens (tertiary/aromatic N) is 3. The van der Waals surface area contributed by atoms with Crippen molar-refractivity contribution < 1.29 is 5.11 Å². The number of anilines is 1. The first-order valence-electron chi connectivity index (χ1n) is 6.59. The Hall–Kier alpha value is -1.60. The minimum atomic E-state index is -0.176. The van der Waals surface area contributed by atoms with Crippen molar-refractivity contribution >= 4 is 5.69 Å². The lowest BCUT2D eigenvalue weighted by Gasteiger charge is -2.30. The molecule has 1 aliphatic heterocycles. The second-order valence-corrected chi connectivity index (χ2v) is 5.80. The van der Waals surface area contributed by atoms with Gasteiger partial charge >= 0.3 is 0 Å². The maximum atomic E-state index is 10.3. The monoisotopic (exact) mass is 241 g/mol. The molecule has 2 heterocycles. The summed E-state index contributed by atoms with van der Waals surface area (Å²) in [5.74, 6) is 1.93. The molecular formula is C14H15N3O. The Bertz CT molecular complexity index is 519. The average molecular weight is 241 g/mol. The van der Waals surface area contributed by atoms with Crippen LogP contribution in [0.3, 0.4) is 0 Å². The minimum absolute atomic E-state index is 0.176. The quantitative estimate of drug-likeness (QED) is 0.801. The normalized spacial score (nSPS) is 40.2. The smallest absolute Gasteiger partial charge is 0.140 e. The third-order valence-electron chi connectivity index (χ3n) is 5.04. The molecule has 3 fully saturated rings. The van der Waals surface area contributed by atoms with Gasteiger partial charge in [0.2, 0.25) is 0 Å². The van der Waals surface area contributed by atoms with Crippen LogP contribution in [0, 0.1) is 29.1 Å². The SMILES string of the molecule is N#Cc1ccc(N2C[C@@H]3C[C@H]4C[C@H]3[C@H]2[C@H]4O)cn1. The van der Waals surface area contributed by atoms with Crippen LogP contribution in [0.5, 0.6) is 0 Å². The maximum Gasteiger partial charge on any atom is 0.140 e. The van der Waals surface area contributed by atoms with Gasteiger partial charge < -0.3 is 10.0 Å². The molecule has 5 atom stereocenters. The van der Waals surface area contributed by atoms with Crippen molar-refractivity contribution in [3.05, 3.63) is 24.0 Å². The first kappa shape index (κ1) is 10.3. The van der Waals surface area contributed by atoms with E-state index in [1.807, 2.05) is 12.1 Å². The lowest BCUT2D eigenvalue weighted by atomic mass is 9.88. The molecule has 0 amide bonds. The van der Waals surface area contributed by atoms with Crippen molar-refractivity contribution in [1.82, 2.24) is 4.98 Å². The van der Waals surface area contributed by atoms with E-state index in [0.29, 0.717) is 17.5 Å². The predicted octanol–water partition coefficient (Wildman–Crippen LogP) is 1.16. The van der Waals surface area contributed by atoms with Crippen LogP contribution < -0.4 is 4.90 Å². The molecule has 4 rings (SSSR count). The molecule has 0 unspecified atom stereocenters. The van der Waals surface area contributed by atoms with Crippen LogP contribution >= 0.6 is 0 Å². The van der Waals surface area contributed by atoms with Crippen LogP contribution in [0.4, 0.5) is 5.69 Å². The lowest BCUT2D eigenvalue weighted by Crippen LogP contribution is -2.40. The molecule has 18 heavy (non-hydrogen) atoms. The standard InChI is InChI=1S/C14H15N3O/c15-5-10-1-2-11(6-16-10)17-7-9-3-8-4-12(9)13(17)14(8)18/h1-2,6,8-9,12-14,18H,3-4,7H2/t8-,9-,12+,13-,14-/m0/s1. The van der Waals surface area contributed by atoms with E-state index < -0.39 is 0 Å². The second-order valence-electron chi connectivity index (χ2n) is 5.80. The summed E-state index contributed by atoms with van der Waals surface area (Å²) in [6.45, 7) is 1.04. The molecule has 0 spiro atoms. The van der Waals surface area contributed by atoms with Crippen LogP contribution in [0.2, 0.25) is 0 Å². The zero-order valence-electron chi connectivity index (χ0n) is 10.0. The number of aliphatic hydroxyl groups excluding tert-OH is 1. The Balaban J connectivity index is 1.68. The van der Waals surface area contributed by atoms with E-state index in [1.54, 1.807) is 12.3 Å². The van der Waals surface area contributed by atoms with Crippen molar-refractivity contribution in [3.8, 4) is 6.07 Å². The van der Waals surface area contributed by atoms with E-state index in [0.717, 1.165) is 18.2 Å². The fourth-order valence-electron chi connectivity index (χ4n) is 4.33. The molecular weight excluding hydrogens is 226 g/mol. The van der Waals surface area contributed by atoms with Crippen molar-refractivity contribution in [2.24, 2.45) is 17.8 Å². The Morgan fingerprint density at radius 1 is 1.33 bits per heavy atom. The lowest BCUT2D eigenvalue weighted by molar-refractivity contribution is 0.0966. The molecule has 2 saturated carbocycles. The van der Waals surface area contributed by atoms with E-state index >= 15 is 0 Å². The second kappa shape index (κ2) is 3.46. The first-order valence-corrected chi connectivity index (χ1v) is 6.59. The van der Waals surface area contributed by atoms with Crippen LogP contribution in [-0.4, -0.2) is 28.8 Å². The number of nitriles is 1. The molecule has 1 aromatic rings. The molecule has 1 aromatic heterocycles. The number of aromatic nitrogens is 1. The first-order chi connectivity index (χ1) is 8.78. The van der Waals surface area contributed by atoms with Gasteiger partial charge in [-0.3, -0.25) is 0 Å². The Labute approximate surface area is 106 Å². The predicted molar refractivity (Wildman–Crippen MR) is 65.8 cm³/mol. The van der Waals surface area contributed by atoms with Gasteiger partial charge in [-0.05, 0) is 42.7 Å². The van der Waals surface area contributed by atoms with Gasteiger partial charge in [0.25, 0.3) is 0 Å². The molecule has 3 aliphatic rings. The summed E-state index contributed by atoms with van der Waals surface area (Å²) >= 11 is 0. The third kappa shape index (κ3) is 1.20. The molecule has 4 nitrogen and oxygen atoms in total. The van der Waals surface area contributed by atoms with E-state index in [2.05, 4.69) is 9.88 Å². The highest BCUT2D eigenvalue weighted by molar-refractivity contribution is 5.50. The summed E-state index contributed by atoms with van der Waals surface area (Å²) in [6.07, 6.45) is 3.96. The number of aliphatic hydroxyl groups is 1. The molecule has 0 radical (unpaired) electrons. The molecule has 2 bridgehead atoms. The summed E-state index contributed by atoms with van der Waals surface area (Å²) < 4.78 is 0. The zero-order valence-corrected chi connectivity index (χ0v) is 10.0. The summed E-state index contributed by atoms with van der Waals surface area (Å²) in [6, 6.07) is 6.03. The van der Waals surface area contributed by atoms with Gasteiger partial charge in [-0.15, -0.1) is 0 Å². The number of rotatable bonds is 1. The summed E-state index contributed by atoms with van der Waals surface area (Å²) in [7, 11) is 0. The summed E-state index contributed by atoms with van der Waals surface area (Å²) in [5, 5.41) is 19.1. The Morgan fingerprint density at radius 2 is 2.22 bits per heavy atom. The van der Waals surface area contributed by atoms with Gasteiger partial charge in [-0.2, -0.15) is 5.26 Å². The van der Waals surface area contributed by atoms with Gasteiger partial charge in [-0.25, -0.2) is 4.98 Å². The van der Waals surface area contributed by atoms with Gasteiger partial charge in [0.1, 0.15) is 11.8 Å². The van der Waals surface area contributed by atoms with Crippen LogP contribution in [0.25, 0.3) is 0 Å². The van der Waals surface area contributed by atoms with Gasteiger partial charge in [-0.1, -0.05) is 0 Å². The highest BCUT2D eigenvalue weighted by atomic mass is 16.3. The van der Waals surface area contributed by atoms with Gasteiger partial charge in [0.15, 0.2) is 0 Å². The number of hydrogen-bond acceptors (Lipinski definition) is 4. The fourth-order valence-corrected chi connectivity index (χ4v) is 4.33. The zero-order chi connectivity index (χ0) is 12.3. The molecule has 1 saturated heterocycles. The van der Waals surface area contributed by atoms with Crippen molar-refractivity contribution in [1.29, 1.82) is 5.26 Å². The van der Waals surface area contributed by atoms with E-state index in [-0.39, 0.29) is 12.1 Å². The molecule has 2 aliphatic carbocycles. The topological polar surface area (TPSA) is 60.2 Å². The van der Waals surface area contributed by atoms with E-state index in [4.69, 9.17) is 5.26 Å². The highest BCUT2D eigenvalue weighted by Gasteiger charge is 2.58. The van der Waals surface area contributed by atoms with Crippen molar-refractivity contribution in [2.45, 2.75) is 25.0 Å². The summed E-state index contributed by atoms with van der Waals surface area (Å²) in [4.78, 5) is 6.44. The van der Waals surface area contributed by atoms with E-state index in [1.165, 1.54) is 12.8 Å². The number of hydrogen-bond donors (Lipinski definition) is 1. The van der Waals surface area contributed by atoms with Crippen LogP contribution in [0.1, 0.15) is 18.5 Å². The fraction of sp³-hybridized carbons (Fsp3) is 0.571. The maximum absolute atomic E-state index is 10.3. The van der Waals surface area contributed by atoms with Crippen molar-refractivity contribution in [3.63, 3.8) is 0 Å². The Morgan fingerprint density at radius 3 is 2.89 bits per heavy atom. The van der Waals surface area contributed by atoms with Crippen LogP contribution in [-0.2, 0) is 0 Å². The van der Waals surface area contributed by atoms with Gasteiger partial charge in [0, 0.05) is 6.54 Å². The van der Waals surface area contributed by atoms with Crippen molar-refractivity contribution in [2.75, 3.05) is 11.4 Å². The van der Waals surface area contributed by atoms with Gasteiger partial charge in [0.05, 0.1) is 24.0 Å². The summed E-state index contributed by atoms with van der Waals surface area (Å²) in [5.41, 5.74) is 1.50. The number of pyridine rings is 1. The Kier molecular flexibility index (Phi) is 1.98. The largest absolute Gasteiger partial charge is 0.391 e. The molecule has 0 aromatic carbocycles. The number of fused-ring (bicyclic) bond motifs is 1. The third-order valence-corrected chi connectivity index (χ3v) is 5.04. The molecule has 4 heteroatoms. The molecule has 1 N–H and O–H groups in total.